The highest BCUT2D eigenvalue weighted by Crippen LogP contribution is 2.53. The molecule has 2 aromatic rings. The van der Waals surface area contributed by atoms with Crippen molar-refractivity contribution in [3.05, 3.63) is 60.2 Å². The number of ether oxygens (including phenoxy) is 2. The minimum absolute atomic E-state index is 0.0679. The molecule has 0 bridgehead atoms. The summed E-state index contributed by atoms with van der Waals surface area (Å²) in [7, 11) is 0. The van der Waals surface area contributed by atoms with Gasteiger partial charge >= 0.3 is 12.1 Å². The van der Waals surface area contributed by atoms with E-state index in [-0.39, 0.29) is 47.8 Å². The highest BCUT2D eigenvalue weighted by Gasteiger charge is 2.54. The number of allylic oxidation sites excluding steroid dienone is 1. The van der Waals surface area contributed by atoms with E-state index in [9.17, 15) is 14.0 Å². The SMILES string of the molecule is CCOC(=O)N[C@@H]1CC[C@@H]2[C@H](C1)C[C@@H]1C(=O)O[C@@H](C)[C@H]1[C@@H]2C=Cc1ccc(-c2cccc(F)c2)cn1. The molecule has 0 radical (unpaired) electrons. The molecule has 3 fully saturated rings. The van der Waals surface area contributed by atoms with Crippen LogP contribution in [-0.2, 0) is 14.3 Å². The van der Waals surface area contributed by atoms with Gasteiger partial charge < -0.3 is 14.8 Å². The van der Waals surface area contributed by atoms with E-state index in [1.807, 2.05) is 31.2 Å². The van der Waals surface area contributed by atoms with Crippen molar-refractivity contribution in [2.75, 3.05) is 6.61 Å². The average Bonchev–Trinajstić information content (AvgIpc) is 3.15. The molecule has 1 saturated heterocycles. The van der Waals surface area contributed by atoms with Crippen molar-refractivity contribution in [2.24, 2.45) is 29.6 Å². The van der Waals surface area contributed by atoms with Gasteiger partial charge in [0.25, 0.3) is 0 Å². The molecule has 7 heteroatoms. The fourth-order valence-electron chi connectivity index (χ4n) is 6.64. The predicted octanol–water partition coefficient (Wildman–Crippen LogP) is 5.63. The number of carbonyl (C=O) groups excluding carboxylic acids is 2. The van der Waals surface area contributed by atoms with Crippen molar-refractivity contribution < 1.29 is 23.5 Å². The van der Waals surface area contributed by atoms with E-state index < -0.39 is 0 Å². The predicted molar refractivity (Wildman–Crippen MR) is 134 cm³/mol. The Kier molecular flexibility index (Phi) is 7.08. The van der Waals surface area contributed by atoms with Crippen LogP contribution in [0.25, 0.3) is 17.2 Å². The van der Waals surface area contributed by atoms with E-state index >= 15 is 0 Å². The minimum Gasteiger partial charge on any atom is -0.462 e. The number of esters is 1. The first-order valence-corrected chi connectivity index (χ1v) is 13.0. The van der Waals surface area contributed by atoms with Gasteiger partial charge in [0, 0.05) is 23.7 Å². The Labute approximate surface area is 211 Å². The zero-order valence-corrected chi connectivity index (χ0v) is 20.7. The molecule has 3 aliphatic rings. The van der Waals surface area contributed by atoms with Gasteiger partial charge in [-0.05, 0) is 87.1 Å². The molecule has 36 heavy (non-hydrogen) atoms. The quantitative estimate of drug-likeness (QED) is 0.548. The Morgan fingerprint density at radius 2 is 2.08 bits per heavy atom. The summed E-state index contributed by atoms with van der Waals surface area (Å²) >= 11 is 0. The lowest BCUT2D eigenvalue weighted by Crippen LogP contribution is -2.48. The highest BCUT2D eigenvalue weighted by molar-refractivity contribution is 5.75. The van der Waals surface area contributed by atoms with Crippen molar-refractivity contribution in [3.63, 3.8) is 0 Å². The van der Waals surface area contributed by atoms with Crippen LogP contribution >= 0.6 is 0 Å². The summed E-state index contributed by atoms with van der Waals surface area (Å²) in [6.07, 6.45) is 9.07. The summed E-state index contributed by atoms with van der Waals surface area (Å²) in [6.45, 7) is 4.15. The third-order valence-corrected chi connectivity index (χ3v) is 8.18. The van der Waals surface area contributed by atoms with Gasteiger partial charge in [0.05, 0.1) is 18.2 Å². The number of halogens is 1. The summed E-state index contributed by atoms with van der Waals surface area (Å²) in [5, 5.41) is 3.00. The fraction of sp³-hybridized carbons (Fsp3) is 0.483. The molecule has 0 unspecified atom stereocenters. The van der Waals surface area contributed by atoms with Crippen molar-refractivity contribution in [1.82, 2.24) is 10.3 Å². The van der Waals surface area contributed by atoms with Gasteiger partial charge in [-0.1, -0.05) is 24.3 Å². The molecular weight excluding hydrogens is 459 g/mol. The zero-order chi connectivity index (χ0) is 25.2. The number of cyclic esters (lactones) is 1. The van der Waals surface area contributed by atoms with Crippen molar-refractivity contribution in [2.45, 2.75) is 51.7 Å². The van der Waals surface area contributed by atoms with Gasteiger partial charge in [-0.3, -0.25) is 9.78 Å². The Hall–Kier alpha value is -3.22. The lowest BCUT2D eigenvalue weighted by atomic mass is 9.57. The molecule has 2 aliphatic carbocycles. The molecule has 1 aromatic heterocycles. The molecule has 190 valence electrons. The molecule has 1 amide bonds. The number of amides is 1. The lowest BCUT2D eigenvalue weighted by molar-refractivity contribution is -0.144. The number of hydrogen-bond acceptors (Lipinski definition) is 5. The smallest absolute Gasteiger partial charge is 0.407 e. The van der Waals surface area contributed by atoms with Crippen LogP contribution in [0.4, 0.5) is 9.18 Å². The average molecular weight is 493 g/mol. The van der Waals surface area contributed by atoms with Crippen molar-refractivity contribution >= 4 is 18.1 Å². The number of hydrogen-bond donors (Lipinski definition) is 1. The summed E-state index contributed by atoms with van der Waals surface area (Å²) < 4.78 is 24.3. The second-order valence-electron chi connectivity index (χ2n) is 10.3. The van der Waals surface area contributed by atoms with Gasteiger partial charge in [0.2, 0.25) is 0 Å². The van der Waals surface area contributed by atoms with Gasteiger partial charge in [-0.25, -0.2) is 9.18 Å². The molecule has 2 heterocycles. The van der Waals surface area contributed by atoms with Gasteiger partial charge in [0.1, 0.15) is 11.9 Å². The molecule has 6 nitrogen and oxygen atoms in total. The Morgan fingerprint density at radius 1 is 1.22 bits per heavy atom. The van der Waals surface area contributed by atoms with Crippen LogP contribution in [0.3, 0.4) is 0 Å². The Bertz CT molecular complexity index is 1130. The van der Waals surface area contributed by atoms with Crippen LogP contribution in [0.5, 0.6) is 0 Å². The lowest BCUT2D eigenvalue weighted by Gasteiger charge is -2.47. The minimum atomic E-state index is -0.368. The van der Waals surface area contributed by atoms with E-state index in [0.29, 0.717) is 18.4 Å². The topological polar surface area (TPSA) is 77.5 Å². The number of aromatic nitrogens is 1. The first-order chi connectivity index (χ1) is 17.4. The number of nitrogens with zero attached hydrogens (tertiary/aromatic N) is 1. The highest BCUT2D eigenvalue weighted by atomic mass is 19.1. The van der Waals surface area contributed by atoms with E-state index in [0.717, 1.165) is 42.5 Å². The van der Waals surface area contributed by atoms with Crippen LogP contribution in [0.1, 0.15) is 45.2 Å². The standard InChI is InChI=1S/C29H33FN2O4/c1-3-35-29(34)32-23-10-11-24-20(14-23)15-26-27(17(2)36-28(26)33)25(24)12-9-22-8-7-19(16-31-22)18-5-4-6-21(30)13-18/h4-9,12-13,16-17,20,23-27H,3,10-11,14-15H2,1-2H3,(H,32,34)/t17-,20+,23+,24+,25+,26-,27-/m0/s1. The van der Waals surface area contributed by atoms with Gasteiger partial charge in [-0.15, -0.1) is 0 Å². The fourth-order valence-corrected chi connectivity index (χ4v) is 6.64. The number of alkyl carbamates (subject to hydrolysis) is 1. The second kappa shape index (κ2) is 10.4. The largest absolute Gasteiger partial charge is 0.462 e. The van der Waals surface area contributed by atoms with E-state index in [4.69, 9.17) is 9.47 Å². The number of carbonyl (C=O) groups is 2. The third-order valence-electron chi connectivity index (χ3n) is 8.18. The van der Waals surface area contributed by atoms with Crippen LogP contribution in [0, 0.1) is 35.4 Å². The third kappa shape index (κ3) is 5.01. The van der Waals surface area contributed by atoms with E-state index in [2.05, 4.69) is 16.4 Å². The van der Waals surface area contributed by atoms with Crippen LogP contribution < -0.4 is 5.32 Å². The Balaban J connectivity index is 1.34. The van der Waals surface area contributed by atoms with Gasteiger partial charge in [0.15, 0.2) is 0 Å². The molecule has 2 saturated carbocycles. The van der Waals surface area contributed by atoms with Crippen LogP contribution in [-0.4, -0.2) is 35.8 Å². The van der Waals surface area contributed by atoms with E-state index in [1.54, 1.807) is 19.2 Å². The summed E-state index contributed by atoms with van der Waals surface area (Å²) in [4.78, 5) is 29.2. The molecule has 1 N–H and O–H groups in total. The number of nitrogens with one attached hydrogen (secondary N) is 1. The molecule has 1 aromatic carbocycles. The zero-order valence-electron chi connectivity index (χ0n) is 20.7. The first-order valence-electron chi connectivity index (χ1n) is 13.0. The van der Waals surface area contributed by atoms with Gasteiger partial charge in [-0.2, -0.15) is 0 Å². The number of benzene rings is 1. The number of rotatable bonds is 5. The molecule has 1 aliphatic heterocycles. The Morgan fingerprint density at radius 3 is 2.83 bits per heavy atom. The number of pyridine rings is 1. The monoisotopic (exact) mass is 492 g/mol. The summed E-state index contributed by atoms with van der Waals surface area (Å²) in [5.41, 5.74) is 2.48. The second-order valence-corrected chi connectivity index (χ2v) is 10.3. The van der Waals surface area contributed by atoms with Crippen molar-refractivity contribution in [3.8, 4) is 11.1 Å². The molecule has 0 spiro atoms. The maximum absolute atomic E-state index is 13.6. The summed E-state index contributed by atoms with van der Waals surface area (Å²) in [6, 6.07) is 10.4. The molecular formula is C29H33FN2O4. The maximum atomic E-state index is 13.6. The maximum Gasteiger partial charge on any atom is 0.407 e. The normalized spacial score (nSPS) is 31.4. The van der Waals surface area contributed by atoms with Crippen LogP contribution in [0.2, 0.25) is 0 Å². The van der Waals surface area contributed by atoms with E-state index in [1.165, 1.54) is 12.1 Å². The van der Waals surface area contributed by atoms with Crippen molar-refractivity contribution in [1.29, 1.82) is 0 Å². The molecule has 5 rings (SSSR count). The summed E-state index contributed by atoms with van der Waals surface area (Å²) in [5.74, 6) is 0.629. The number of fused-ring (bicyclic) bond motifs is 2. The first kappa shape index (κ1) is 24.5. The molecule has 7 atom stereocenters. The van der Waals surface area contributed by atoms with Crippen LogP contribution in [0.15, 0.2) is 48.7 Å².